The van der Waals surface area contributed by atoms with E-state index in [1.807, 2.05) is 6.07 Å². The maximum absolute atomic E-state index is 11.9. The summed E-state index contributed by atoms with van der Waals surface area (Å²) in [4.78, 5) is 13.5. The van der Waals surface area contributed by atoms with Gasteiger partial charge in [0, 0.05) is 38.9 Å². The van der Waals surface area contributed by atoms with Gasteiger partial charge in [-0.1, -0.05) is 6.08 Å². The molecule has 86 valence electrons. The van der Waals surface area contributed by atoms with Crippen molar-refractivity contribution in [3.05, 3.63) is 24.4 Å². The summed E-state index contributed by atoms with van der Waals surface area (Å²) in [5.41, 5.74) is 0.142. The molecule has 1 heterocycles. The van der Waals surface area contributed by atoms with Crippen LogP contribution in [-0.4, -0.2) is 43.5 Å². The third-order valence-electron chi connectivity index (χ3n) is 2.26. The van der Waals surface area contributed by atoms with E-state index >= 15 is 0 Å². The van der Waals surface area contributed by atoms with Crippen LogP contribution in [0.5, 0.6) is 0 Å². The molecule has 0 aliphatic carbocycles. The minimum Gasteiger partial charge on any atom is -0.386 e. The molecule has 0 atom stereocenters. The summed E-state index contributed by atoms with van der Waals surface area (Å²) >= 11 is 0. The van der Waals surface area contributed by atoms with E-state index in [0.717, 1.165) is 13.1 Å². The van der Waals surface area contributed by atoms with Gasteiger partial charge >= 0.3 is 0 Å². The largest absolute Gasteiger partial charge is 0.386 e. The van der Waals surface area contributed by atoms with Gasteiger partial charge in [-0.25, -0.2) is 0 Å². The second kappa shape index (κ2) is 6.64. The minimum atomic E-state index is -0.208. The summed E-state index contributed by atoms with van der Waals surface area (Å²) in [5.74, 6) is -0.208. The van der Waals surface area contributed by atoms with Crippen LogP contribution in [0.2, 0.25) is 0 Å². The SMILES string of the molecule is C=CCN/C=C(/C#N)C(=O)N1CCNCC1. The Kier molecular flexibility index (Phi) is 5.09. The number of hydrogen-bond donors (Lipinski definition) is 2. The Hall–Kier alpha value is -1.80. The number of hydrogen-bond acceptors (Lipinski definition) is 4. The van der Waals surface area contributed by atoms with Crippen LogP contribution in [0, 0.1) is 11.3 Å². The van der Waals surface area contributed by atoms with Crippen LogP contribution in [0.25, 0.3) is 0 Å². The standard InChI is InChI=1S/C11H16N4O/c1-2-3-14-9-10(8-12)11(16)15-6-4-13-5-7-15/h2,9,13-14H,1,3-7H2/b10-9-. The molecule has 1 fully saturated rings. The van der Waals surface area contributed by atoms with E-state index < -0.39 is 0 Å². The smallest absolute Gasteiger partial charge is 0.266 e. The Balaban J connectivity index is 2.57. The van der Waals surface area contributed by atoms with Crippen molar-refractivity contribution >= 4 is 5.91 Å². The second-order valence-electron chi connectivity index (χ2n) is 3.41. The van der Waals surface area contributed by atoms with Crippen molar-refractivity contribution in [3.8, 4) is 6.07 Å². The van der Waals surface area contributed by atoms with Crippen molar-refractivity contribution in [2.45, 2.75) is 0 Å². The van der Waals surface area contributed by atoms with Crippen LogP contribution >= 0.6 is 0 Å². The number of carbonyl (C=O) groups is 1. The predicted octanol–water partition coefficient (Wildman–Crippen LogP) is -0.399. The number of piperazine rings is 1. The van der Waals surface area contributed by atoms with Gasteiger partial charge in [-0.15, -0.1) is 6.58 Å². The normalized spacial score (nSPS) is 16.4. The van der Waals surface area contributed by atoms with E-state index in [1.165, 1.54) is 6.20 Å². The van der Waals surface area contributed by atoms with E-state index in [4.69, 9.17) is 5.26 Å². The lowest BCUT2D eigenvalue weighted by atomic mass is 10.2. The number of amides is 1. The zero-order chi connectivity index (χ0) is 11.8. The summed E-state index contributed by atoms with van der Waals surface area (Å²) in [6, 6.07) is 1.91. The molecule has 5 heteroatoms. The Morgan fingerprint density at radius 2 is 2.25 bits per heavy atom. The molecule has 1 aliphatic rings. The third kappa shape index (κ3) is 3.41. The van der Waals surface area contributed by atoms with Crippen LogP contribution in [0.4, 0.5) is 0 Å². The predicted molar refractivity (Wildman–Crippen MR) is 61.3 cm³/mol. The molecule has 16 heavy (non-hydrogen) atoms. The van der Waals surface area contributed by atoms with E-state index in [0.29, 0.717) is 19.6 Å². The van der Waals surface area contributed by atoms with Crippen molar-refractivity contribution < 1.29 is 4.79 Å². The highest BCUT2D eigenvalue weighted by Gasteiger charge is 2.19. The molecule has 1 amide bonds. The van der Waals surface area contributed by atoms with Gasteiger partial charge in [0.1, 0.15) is 11.6 Å². The fourth-order valence-electron chi connectivity index (χ4n) is 1.42. The first-order chi connectivity index (χ1) is 7.79. The number of rotatable bonds is 4. The first kappa shape index (κ1) is 12.3. The van der Waals surface area contributed by atoms with Gasteiger partial charge < -0.3 is 15.5 Å². The summed E-state index contributed by atoms with van der Waals surface area (Å²) in [7, 11) is 0. The lowest BCUT2D eigenvalue weighted by Gasteiger charge is -2.27. The van der Waals surface area contributed by atoms with Crippen molar-refractivity contribution in [1.29, 1.82) is 5.26 Å². The van der Waals surface area contributed by atoms with Crippen LogP contribution in [-0.2, 0) is 4.79 Å². The fourth-order valence-corrected chi connectivity index (χ4v) is 1.42. The lowest BCUT2D eigenvalue weighted by Crippen LogP contribution is -2.46. The number of nitrogens with zero attached hydrogens (tertiary/aromatic N) is 2. The van der Waals surface area contributed by atoms with Crippen molar-refractivity contribution in [3.63, 3.8) is 0 Å². The molecular weight excluding hydrogens is 204 g/mol. The number of carbonyl (C=O) groups excluding carboxylic acids is 1. The van der Waals surface area contributed by atoms with E-state index in [2.05, 4.69) is 17.2 Å². The van der Waals surface area contributed by atoms with Gasteiger partial charge in [-0.3, -0.25) is 4.79 Å². The molecule has 1 aliphatic heterocycles. The molecular formula is C11H16N4O. The van der Waals surface area contributed by atoms with Crippen LogP contribution < -0.4 is 10.6 Å². The molecule has 0 saturated carbocycles. The van der Waals surface area contributed by atoms with Crippen molar-refractivity contribution in [2.24, 2.45) is 0 Å². The highest BCUT2D eigenvalue weighted by atomic mass is 16.2. The fraction of sp³-hybridized carbons (Fsp3) is 0.455. The van der Waals surface area contributed by atoms with Gasteiger partial charge in [0.25, 0.3) is 5.91 Å². The summed E-state index contributed by atoms with van der Waals surface area (Å²) < 4.78 is 0. The molecule has 5 nitrogen and oxygen atoms in total. The summed E-state index contributed by atoms with van der Waals surface area (Å²) in [5, 5.41) is 14.9. The molecule has 0 aromatic heterocycles. The van der Waals surface area contributed by atoms with Gasteiger partial charge in [0.05, 0.1) is 0 Å². The third-order valence-corrected chi connectivity index (χ3v) is 2.26. The molecule has 0 aromatic carbocycles. The highest BCUT2D eigenvalue weighted by Crippen LogP contribution is 2.01. The second-order valence-corrected chi connectivity index (χ2v) is 3.41. The zero-order valence-electron chi connectivity index (χ0n) is 9.20. The summed E-state index contributed by atoms with van der Waals surface area (Å²) in [6.45, 7) is 6.95. The van der Waals surface area contributed by atoms with E-state index in [-0.39, 0.29) is 11.5 Å². The first-order valence-electron chi connectivity index (χ1n) is 5.24. The maximum atomic E-state index is 11.9. The maximum Gasteiger partial charge on any atom is 0.266 e. The Morgan fingerprint density at radius 1 is 1.56 bits per heavy atom. The molecule has 0 aromatic rings. The summed E-state index contributed by atoms with van der Waals surface area (Å²) in [6.07, 6.45) is 3.12. The average molecular weight is 220 g/mol. The van der Waals surface area contributed by atoms with E-state index in [9.17, 15) is 4.79 Å². The van der Waals surface area contributed by atoms with Crippen molar-refractivity contribution in [2.75, 3.05) is 32.7 Å². The topological polar surface area (TPSA) is 68.2 Å². The van der Waals surface area contributed by atoms with E-state index in [1.54, 1.807) is 11.0 Å². The van der Waals surface area contributed by atoms with Gasteiger partial charge in [-0.05, 0) is 0 Å². The molecule has 0 spiro atoms. The monoisotopic (exact) mass is 220 g/mol. The van der Waals surface area contributed by atoms with Gasteiger partial charge in [0.15, 0.2) is 0 Å². The van der Waals surface area contributed by atoms with Crippen LogP contribution in [0.3, 0.4) is 0 Å². The van der Waals surface area contributed by atoms with Crippen LogP contribution in [0.1, 0.15) is 0 Å². The minimum absolute atomic E-state index is 0.142. The molecule has 1 saturated heterocycles. The molecule has 0 bridgehead atoms. The van der Waals surface area contributed by atoms with Gasteiger partial charge in [-0.2, -0.15) is 5.26 Å². The molecule has 2 N–H and O–H groups in total. The Bertz CT molecular complexity index is 323. The Labute approximate surface area is 95.4 Å². The number of nitriles is 1. The molecule has 0 unspecified atom stereocenters. The highest BCUT2D eigenvalue weighted by molar-refractivity contribution is 5.97. The Morgan fingerprint density at radius 3 is 2.81 bits per heavy atom. The first-order valence-corrected chi connectivity index (χ1v) is 5.24. The molecule has 1 rings (SSSR count). The lowest BCUT2D eigenvalue weighted by molar-refractivity contribution is -0.127. The van der Waals surface area contributed by atoms with Gasteiger partial charge in [0.2, 0.25) is 0 Å². The van der Waals surface area contributed by atoms with Crippen LogP contribution in [0.15, 0.2) is 24.4 Å². The average Bonchev–Trinajstić information content (AvgIpc) is 2.35. The van der Waals surface area contributed by atoms with Crippen molar-refractivity contribution in [1.82, 2.24) is 15.5 Å². The number of nitrogens with one attached hydrogen (secondary N) is 2. The zero-order valence-corrected chi connectivity index (χ0v) is 9.20. The quantitative estimate of drug-likeness (QED) is 0.293. The molecule has 0 radical (unpaired) electrons.